The molecule has 3 aromatic rings. The summed E-state index contributed by atoms with van der Waals surface area (Å²) in [5, 5.41) is 0.964. The lowest BCUT2D eigenvalue weighted by Crippen LogP contribution is -1.96. The third-order valence-electron chi connectivity index (χ3n) is 2.78. The minimum atomic E-state index is 0.145. The van der Waals surface area contributed by atoms with Crippen LogP contribution in [0.2, 0.25) is 10.0 Å². The lowest BCUT2D eigenvalue weighted by Gasteiger charge is -2.07. The van der Waals surface area contributed by atoms with E-state index in [2.05, 4.69) is 20.9 Å². The van der Waals surface area contributed by atoms with Gasteiger partial charge in [-0.05, 0) is 40.2 Å². The van der Waals surface area contributed by atoms with Gasteiger partial charge in [-0.1, -0.05) is 23.2 Å². The second kappa shape index (κ2) is 5.75. The van der Waals surface area contributed by atoms with Gasteiger partial charge in [-0.25, -0.2) is 4.98 Å². The lowest BCUT2D eigenvalue weighted by molar-refractivity contribution is 0.267. The number of nitrogen functional groups attached to an aromatic ring is 1. The summed E-state index contributed by atoms with van der Waals surface area (Å²) in [6.07, 6.45) is 0. The zero-order valence-corrected chi connectivity index (χ0v) is 13.7. The molecule has 3 rings (SSSR count). The summed E-state index contributed by atoms with van der Waals surface area (Å²) in [7, 11) is 0. The summed E-state index contributed by atoms with van der Waals surface area (Å²) in [5.74, 6) is 0.900. The van der Waals surface area contributed by atoms with Gasteiger partial charge in [0.05, 0.1) is 10.0 Å². The fourth-order valence-corrected chi connectivity index (χ4v) is 2.66. The van der Waals surface area contributed by atoms with Gasteiger partial charge in [0.2, 0.25) is 5.89 Å². The Hall–Kier alpha value is -1.43. The molecule has 7 heteroatoms. The van der Waals surface area contributed by atoms with Gasteiger partial charge < -0.3 is 14.9 Å². The van der Waals surface area contributed by atoms with Crippen molar-refractivity contribution in [1.82, 2.24) is 4.98 Å². The van der Waals surface area contributed by atoms with E-state index in [4.69, 9.17) is 38.1 Å². The number of fused-ring (bicyclic) bond motifs is 1. The van der Waals surface area contributed by atoms with Crippen LogP contribution < -0.4 is 10.5 Å². The Labute approximate surface area is 138 Å². The monoisotopic (exact) mass is 386 g/mol. The maximum atomic E-state index is 6.09. The average Bonchev–Trinajstić information content (AvgIpc) is 2.83. The molecule has 0 aliphatic carbocycles. The summed E-state index contributed by atoms with van der Waals surface area (Å²) in [5.41, 5.74) is 7.67. The van der Waals surface area contributed by atoms with E-state index in [1.54, 1.807) is 30.3 Å². The Balaban J connectivity index is 1.81. The van der Waals surface area contributed by atoms with Crippen molar-refractivity contribution >= 4 is 55.9 Å². The van der Waals surface area contributed by atoms with Crippen LogP contribution in [0.4, 0.5) is 5.69 Å². The van der Waals surface area contributed by atoms with Crippen molar-refractivity contribution in [3.05, 3.63) is 50.7 Å². The van der Waals surface area contributed by atoms with Crippen LogP contribution in [-0.4, -0.2) is 4.98 Å². The van der Waals surface area contributed by atoms with E-state index in [1.165, 1.54) is 0 Å². The van der Waals surface area contributed by atoms with E-state index in [0.29, 0.717) is 42.9 Å². The number of hydrogen-bond acceptors (Lipinski definition) is 4. The highest BCUT2D eigenvalue weighted by Gasteiger charge is 2.10. The normalized spacial score (nSPS) is 11.0. The average molecular weight is 388 g/mol. The fourth-order valence-electron chi connectivity index (χ4n) is 1.81. The van der Waals surface area contributed by atoms with Gasteiger partial charge >= 0.3 is 0 Å². The quantitative estimate of drug-likeness (QED) is 0.504. The van der Waals surface area contributed by atoms with Crippen LogP contribution >= 0.6 is 39.1 Å². The second-order valence-electron chi connectivity index (χ2n) is 4.32. The molecule has 0 aliphatic rings. The summed E-state index contributed by atoms with van der Waals surface area (Å²) >= 11 is 15.4. The first-order valence-corrected chi connectivity index (χ1v) is 7.50. The van der Waals surface area contributed by atoms with Crippen LogP contribution in [0.3, 0.4) is 0 Å². The standard InChI is InChI=1S/C14H9BrCl2N2O2/c15-8-4-10(17)13(5-9(8)16)20-6-14-19-11-3-7(18)1-2-12(11)21-14/h1-5H,6,18H2. The van der Waals surface area contributed by atoms with Gasteiger partial charge in [0.15, 0.2) is 12.2 Å². The molecule has 1 aromatic heterocycles. The number of oxazole rings is 1. The number of halogens is 3. The van der Waals surface area contributed by atoms with Crippen molar-refractivity contribution in [2.75, 3.05) is 5.73 Å². The molecular weight excluding hydrogens is 379 g/mol. The lowest BCUT2D eigenvalue weighted by atomic mass is 10.3. The largest absolute Gasteiger partial charge is 0.482 e. The molecule has 108 valence electrons. The number of rotatable bonds is 3. The van der Waals surface area contributed by atoms with Crippen molar-refractivity contribution < 1.29 is 9.15 Å². The van der Waals surface area contributed by atoms with Crippen LogP contribution in [0, 0.1) is 0 Å². The maximum Gasteiger partial charge on any atom is 0.233 e. The molecule has 0 atom stereocenters. The van der Waals surface area contributed by atoms with E-state index < -0.39 is 0 Å². The van der Waals surface area contributed by atoms with E-state index in [0.717, 1.165) is 0 Å². The SMILES string of the molecule is Nc1ccc2oc(COc3cc(Cl)c(Br)cc3Cl)nc2c1. The van der Waals surface area contributed by atoms with Crippen LogP contribution in [0.15, 0.2) is 39.2 Å². The summed E-state index contributed by atoms with van der Waals surface area (Å²) in [6, 6.07) is 8.57. The zero-order chi connectivity index (χ0) is 15.0. The smallest absolute Gasteiger partial charge is 0.233 e. The van der Waals surface area contributed by atoms with Gasteiger partial charge in [-0.3, -0.25) is 0 Å². The predicted octanol–water partition coefficient (Wildman–Crippen LogP) is 5.06. The van der Waals surface area contributed by atoms with Gasteiger partial charge in [-0.2, -0.15) is 0 Å². The molecule has 0 spiro atoms. The maximum absolute atomic E-state index is 6.09. The Morgan fingerprint density at radius 2 is 2.00 bits per heavy atom. The first-order chi connectivity index (χ1) is 10.0. The minimum Gasteiger partial charge on any atom is -0.482 e. The van der Waals surface area contributed by atoms with E-state index in [9.17, 15) is 0 Å². The van der Waals surface area contributed by atoms with Crippen LogP contribution in [0.1, 0.15) is 5.89 Å². The molecule has 0 bridgehead atoms. The number of benzene rings is 2. The first-order valence-electron chi connectivity index (χ1n) is 5.95. The molecule has 0 saturated carbocycles. The number of anilines is 1. The van der Waals surface area contributed by atoms with Crippen LogP contribution in [0.25, 0.3) is 11.1 Å². The van der Waals surface area contributed by atoms with Crippen molar-refractivity contribution in [2.45, 2.75) is 6.61 Å². The summed E-state index contributed by atoms with van der Waals surface area (Å²) in [4.78, 5) is 4.30. The molecule has 2 N–H and O–H groups in total. The van der Waals surface area contributed by atoms with E-state index in [-0.39, 0.29) is 6.61 Å². The molecule has 0 fully saturated rings. The third-order valence-corrected chi connectivity index (χ3v) is 4.27. The molecular formula is C14H9BrCl2N2O2. The Kier molecular flexibility index (Phi) is 3.97. The van der Waals surface area contributed by atoms with E-state index >= 15 is 0 Å². The molecule has 1 heterocycles. The highest BCUT2D eigenvalue weighted by Crippen LogP contribution is 2.34. The van der Waals surface area contributed by atoms with Crippen molar-refractivity contribution in [3.63, 3.8) is 0 Å². The fraction of sp³-hybridized carbons (Fsp3) is 0.0714. The number of ether oxygens (including phenoxy) is 1. The van der Waals surface area contributed by atoms with Gasteiger partial charge in [0.1, 0.15) is 11.3 Å². The zero-order valence-electron chi connectivity index (χ0n) is 10.6. The van der Waals surface area contributed by atoms with E-state index in [1.807, 2.05) is 0 Å². The van der Waals surface area contributed by atoms with Crippen molar-refractivity contribution in [2.24, 2.45) is 0 Å². The number of hydrogen-bond donors (Lipinski definition) is 1. The van der Waals surface area contributed by atoms with Crippen LogP contribution in [-0.2, 0) is 6.61 Å². The highest BCUT2D eigenvalue weighted by atomic mass is 79.9. The summed E-state index contributed by atoms with van der Waals surface area (Å²) < 4.78 is 11.9. The predicted molar refractivity (Wildman–Crippen MR) is 86.9 cm³/mol. The number of nitrogens with two attached hydrogens (primary N) is 1. The highest BCUT2D eigenvalue weighted by molar-refractivity contribution is 9.10. The Morgan fingerprint density at radius 1 is 1.19 bits per heavy atom. The Morgan fingerprint density at radius 3 is 2.81 bits per heavy atom. The molecule has 21 heavy (non-hydrogen) atoms. The third kappa shape index (κ3) is 3.10. The topological polar surface area (TPSA) is 61.3 Å². The van der Waals surface area contributed by atoms with Crippen molar-refractivity contribution in [1.29, 1.82) is 0 Å². The minimum absolute atomic E-state index is 0.145. The molecule has 0 unspecified atom stereocenters. The molecule has 0 saturated heterocycles. The first kappa shape index (κ1) is 14.5. The molecule has 4 nitrogen and oxygen atoms in total. The van der Waals surface area contributed by atoms with Gasteiger partial charge in [0.25, 0.3) is 0 Å². The van der Waals surface area contributed by atoms with Crippen LogP contribution in [0.5, 0.6) is 5.75 Å². The van der Waals surface area contributed by atoms with Gasteiger partial charge in [-0.15, -0.1) is 0 Å². The molecule has 0 radical (unpaired) electrons. The second-order valence-corrected chi connectivity index (χ2v) is 5.99. The van der Waals surface area contributed by atoms with Gasteiger partial charge in [0, 0.05) is 16.2 Å². The molecule has 2 aromatic carbocycles. The molecule has 0 amide bonds. The number of aromatic nitrogens is 1. The summed E-state index contributed by atoms with van der Waals surface area (Å²) in [6.45, 7) is 0.145. The number of nitrogens with zero attached hydrogens (tertiary/aromatic N) is 1. The van der Waals surface area contributed by atoms with Crippen molar-refractivity contribution in [3.8, 4) is 5.75 Å². The Bertz CT molecular complexity index is 820. The molecule has 0 aliphatic heterocycles.